The van der Waals surface area contributed by atoms with Crippen molar-refractivity contribution in [1.82, 2.24) is 14.6 Å². The number of fused-ring (bicyclic) bond motifs is 1. The third-order valence-corrected chi connectivity index (χ3v) is 2.15. The maximum Gasteiger partial charge on any atom is 0.273 e. The van der Waals surface area contributed by atoms with E-state index in [1.54, 1.807) is 30.7 Å². The largest absolute Gasteiger partial charge is 0.463 e. The predicted molar refractivity (Wildman–Crippen MR) is 55.6 cm³/mol. The minimum atomic E-state index is -0.156. The van der Waals surface area contributed by atoms with Gasteiger partial charge in [-0.2, -0.15) is 0 Å². The third-order valence-electron chi connectivity index (χ3n) is 2.15. The van der Waals surface area contributed by atoms with Crippen LogP contribution in [0.2, 0.25) is 0 Å². The molecule has 0 radical (unpaired) electrons. The highest BCUT2D eigenvalue weighted by atomic mass is 16.3. The number of H-pyrrole nitrogens is 1. The molecule has 0 aromatic carbocycles. The van der Waals surface area contributed by atoms with E-state index in [2.05, 4.69) is 10.1 Å². The van der Waals surface area contributed by atoms with Gasteiger partial charge in [0.25, 0.3) is 5.56 Å². The van der Waals surface area contributed by atoms with Gasteiger partial charge in [0.05, 0.1) is 6.26 Å². The molecule has 0 saturated heterocycles. The fourth-order valence-corrected chi connectivity index (χ4v) is 1.48. The smallest absolute Gasteiger partial charge is 0.273 e. The topological polar surface area (TPSA) is 63.3 Å². The third kappa shape index (κ3) is 1.17. The molecule has 0 aliphatic rings. The van der Waals surface area contributed by atoms with Gasteiger partial charge in [0.2, 0.25) is 0 Å². The molecule has 1 N–H and O–H groups in total. The van der Waals surface area contributed by atoms with Gasteiger partial charge < -0.3 is 4.42 Å². The van der Waals surface area contributed by atoms with Crippen molar-refractivity contribution in [2.75, 3.05) is 0 Å². The molecule has 0 amide bonds. The zero-order chi connectivity index (χ0) is 10.3. The zero-order valence-electron chi connectivity index (χ0n) is 7.68. The van der Waals surface area contributed by atoms with Gasteiger partial charge in [-0.25, -0.2) is 9.50 Å². The Morgan fingerprint density at radius 1 is 1.47 bits per heavy atom. The normalized spacial score (nSPS) is 10.9. The molecule has 3 heterocycles. The molecular formula is C10H9N3O2. The zero-order valence-corrected chi connectivity index (χ0v) is 7.68. The molecule has 0 bridgehead atoms. The van der Waals surface area contributed by atoms with Crippen LogP contribution in [0.25, 0.3) is 17.1 Å². The van der Waals surface area contributed by atoms with Crippen LogP contribution >= 0.6 is 0 Å². The lowest BCUT2D eigenvalue weighted by atomic mass is 10.3. The first-order chi connectivity index (χ1) is 7.34. The van der Waals surface area contributed by atoms with Crippen LogP contribution in [0.4, 0.5) is 0 Å². The quantitative estimate of drug-likeness (QED) is 0.652. The van der Waals surface area contributed by atoms with Crippen LogP contribution in [0.1, 0.15) is 1.43 Å². The number of rotatable bonds is 1. The first kappa shape index (κ1) is 8.05. The molecule has 0 saturated carbocycles. The van der Waals surface area contributed by atoms with Gasteiger partial charge in [0.1, 0.15) is 5.69 Å². The van der Waals surface area contributed by atoms with Crippen LogP contribution in [0.3, 0.4) is 0 Å². The molecule has 0 aliphatic carbocycles. The van der Waals surface area contributed by atoms with Crippen molar-refractivity contribution < 1.29 is 5.84 Å². The molecule has 0 aliphatic heterocycles. The first-order valence-electron chi connectivity index (χ1n) is 4.46. The lowest BCUT2D eigenvalue weighted by Gasteiger charge is -1.96. The second kappa shape index (κ2) is 2.84. The van der Waals surface area contributed by atoms with E-state index in [9.17, 15) is 4.79 Å². The maximum atomic E-state index is 11.6. The second-order valence-electron chi connectivity index (χ2n) is 3.11. The van der Waals surface area contributed by atoms with E-state index in [4.69, 9.17) is 4.42 Å². The molecule has 15 heavy (non-hydrogen) atoms. The summed E-state index contributed by atoms with van der Waals surface area (Å²) in [5.74, 6) is 0.593. The van der Waals surface area contributed by atoms with E-state index in [1.807, 2.05) is 0 Å². The summed E-state index contributed by atoms with van der Waals surface area (Å²) >= 11 is 0. The van der Waals surface area contributed by atoms with Gasteiger partial charge in [0.15, 0.2) is 11.4 Å². The number of nitrogens with zero attached hydrogens (tertiary/aromatic N) is 2. The summed E-state index contributed by atoms with van der Waals surface area (Å²) in [6.07, 6.45) is 3.21. The number of hydrogen-bond donors (Lipinski definition) is 1. The van der Waals surface area contributed by atoms with Crippen LogP contribution in [-0.4, -0.2) is 14.6 Å². The van der Waals surface area contributed by atoms with Gasteiger partial charge >= 0.3 is 0 Å². The van der Waals surface area contributed by atoms with Crippen molar-refractivity contribution in [3.63, 3.8) is 0 Å². The van der Waals surface area contributed by atoms with Crippen molar-refractivity contribution in [1.29, 1.82) is 0 Å². The molecule has 5 heteroatoms. The van der Waals surface area contributed by atoms with Crippen LogP contribution in [0.15, 0.2) is 45.9 Å². The Labute approximate surface area is 85.5 Å². The fraction of sp³-hybridized carbons (Fsp3) is 0. The Morgan fingerprint density at radius 2 is 2.40 bits per heavy atom. The summed E-state index contributed by atoms with van der Waals surface area (Å²) in [5.41, 5.74) is 0.968. The van der Waals surface area contributed by atoms with Gasteiger partial charge in [0, 0.05) is 19.8 Å². The highest BCUT2D eigenvalue weighted by molar-refractivity contribution is 5.55. The predicted octanol–water partition coefficient (Wildman–Crippen LogP) is 1.53. The maximum absolute atomic E-state index is 11.6. The van der Waals surface area contributed by atoms with E-state index < -0.39 is 0 Å². The van der Waals surface area contributed by atoms with Crippen molar-refractivity contribution in [3.05, 3.63) is 47.1 Å². The molecule has 0 spiro atoms. The van der Waals surface area contributed by atoms with Crippen molar-refractivity contribution >= 4 is 5.65 Å². The Morgan fingerprint density at radius 3 is 3.20 bits per heavy atom. The Balaban J connectivity index is 0.000000963. The first-order valence-corrected chi connectivity index (χ1v) is 4.46. The summed E-state index contributed by atoms with van der Waals surface area (Å²) in [6.45, 7) is 0. The van der Waals surface area contributed by atoms with E-state index in [0.29, 0.717) is 17.1 Å². The van der Waals surface area contributed by atoms with E-state index in [1.165, 1.54) is 10.6 Å². The van der Waals surface area contributed by atoms with Gasteiger partial charge in [-0.1, -0.05) is 0 Å². The average molecular weight is 203 g/mol. The van der Waals surface area contributed by atoms with Gasteiger partial charge in [-0.15, -0.1) is 0 Å². The Hall–Kier alpha value is -2.30. The van der Waals surface area contributed by atoms with Crippen molar-refractivity contribution in [3.8, 4) is 11.5 Å². The molecule has 3 aromatic heterocycles. The minimum absolute atomic E-state index is 0. The summed E-state index contributed by atoms with van der Waals surface area (Å²) in [6, 6.07) is 6.69. The number of furan rings is 1. The fourth-order valence-electron chi connectivity index (χ4n) is 1.48. The summed E-state index contributed by atoms with van der Waals surface area (Å²) in [4.78, 5) is 15.9. The summed E-state index contributed by atoms with van der Waals surface area (Å²) in [7, 11) is 0. The van der Waals surface area contributed by atoms with Crippen LogP contribution < -0.4 is 5.56 Å². The number of aromatic nitrogens is 3. The molecule has 5 nitrogen and oxygen atoms in total. The highest BCUT2D eigenvalue weighted by Crippen LogP contribution is 2.15. The van der Waals surface area contributed by atoms with Gasteiger partial charge in [-0.05, 0) is 12.1 Å². The summed E-state index contributed by atoms with van der Waals surface area (Å²) in [5, 5.41) is 2.77. The lowest BCUT2D eigenvalue weighted by molar-refractivity contribution is 0.580. The van der Waals surface area contributed by atoms with Crippen LogP contribution in [0, 0.1) is 0 Å². The van der Waals surface area contributed by atoms with Crippen LogP contribution in [-0.2, 0) is 0 Å². The lowest BCUT2D eigenvalue weighted by Crippen LogP contribution is -2.13. The molecule has 0 fully saturated rings. The van der Waals surface area contributed by atoms with E-state index in [-0.39, 0.29) is 6.99 Å². The van der Waals surface area contributed by atoms with Crippen molar-refractivity contribution in [2.45, 2.75) is 0 Å². The molecule has 76 valence electrons. The number of nitrogens with one attached hydrogen (secondary N) is 1. The minimum Gasteiger partial charge on any atom is -0.463 e. The molecular weight excluding hydrogens is 194 g/mol. The van der Waals surface area contributed by atoms with Crippen molar-refractivity contribution in [2.24, 2.45) is 0 Å². The van der Waals surface area contributed by atoms with Gasteiger partial charge in [-0.3, -0.25) is 9.89 Å². The number of hydrogen-bond acceptors (Lipinski definition) is 3. The second-order valence-corrected chi connectivity index (χ2v) is 3.11. The Bertz CT molecular complexity index is 654. The number of aromatic amines is 1. The highest BCUT2D eigenvalue weighted by Gasteiger charge is 2.06. The van der Waals surface area contributed by atoms with Crippen LogP contribution in [0.5, 0.6) is 0 Å². The Kier molecular flexibility index (Phi) is 1.53. The standard InChI is InChI=1S/C10H7N3O2.H2/c14-10-6-7(8-2-1-5-15-8)12-9-3-4-11-13(9)10;/h1-6,11H;1H. The molecule has 3 rings (SSSR count). The molecule has 3 aromatic rings. The SMILES string of the molecule is O=c1cc(-c2ccco2)nc2cc[nH]n12.[HH]. The average Bonchev–Trinajstić information content (AvgIpc) is 2.88. The summed E-state index contributed by atoms with van der Waals surface area (Å²) < 4.78 is 6.55. The monoisotopic (exact) mass is 203 g/mol. The van der Waals surface area contributed by atoms with E-state index >= 15 is 0 Å². The van der Waals surface area contributed by atoms with E-state index in [0.717, 1.165) is 0 Å². The molecule has 0 atom stereocenters. The molecule has 0 unspecified atom stereocenters.